The van der Waals surface area contributed by atoms with Gasteiger partial charge in [-0.3, -0.25) is 0 Å². The summed E-state index contributed by atoms with van der Waals surface area (Å²) >= 11 is 0. The summed E-state index contributed by atoms with van der Waals surface area (Å²) in [5, 5.41) is 20.1. The van der Waals surface area contributed by atoms with Crippen LogP contribution < -0.4 is 0 Å². The van der Waals surface area contributed by atoms with Crippen molar-refractivity contribution in [1.29, 1.82) is 0 Å². The molecule has 1 fully saturated rings. The normalized spacial score (nSPS) is 42.1. The fraction of sp³-hybridized carbons (Fsp3) is 0.833. The predicted molar refractivity (Wildman–Crippen MR) is 57.9 cm³/mol. The Morgan fingerprint density at radius 3 is 2.29 bits per heavy atom. The summed E-state index contributed by atoms with van der Waals surface area (Å²) in [4.78, 5) is 0. The second-order valence-electron chi connectivity index (χ2n) is 5.52. The lowest BCUT2D eigenvalue weighted by molar-refractivity contribution is -0.158. The van der Waals surface area contributed by atoms with Gasteiger partial charge < -0.3 is 10.2 Å². The molecule has 0 heterocycles. The van der Waals surface area contributed by atoms with Crippen LogP contribution in [0.2, 0.25) is 0 Å². The van der Waals surface area contributed by atoms with Gasteiger partial charge in [-0.25, -0.2) is 0 Å². The van der Waals surface area contributed by atoms with Crippen molar-refractivity contribution in [2.24, 2.45) is 11.3 Å². The van der Waals surface area contributed by atoms with E-state index in [9.17, 15) is 10.2 Å². The van der Waals surface area contributed by atoms with Gasteiger partial charge in [-0.2, -0.15) is 0 Å². The predicted octanol–water partition coefficient (Wildman–Crippen LogP) is 2.11. The highest BCUT2D eigenvalue weighted by Gasteiger charge is 2.49. The standard InChI is InChI=1S/C12H22O2/c1-8(2)9-6-7-12(5,14)10(13)11(9,3)4/h9-10,13-14H,1,6-7H2,2-5H3/t9-,10+,12+/m0/s1. The zero-order valence-electron chi connectivity index (χ0n) is 9.67. The van der Waals surface area contributed by atoms with Gasteiger partial charge in [0.25, 0.3) is 0 Å². The van der Waals surface area contributed by atoms with Crippen molar-refractivity contribution in [2.75, 3.05) is 0 Å². The van der Waals surface area contributed by atoms with Crippen LogP contribution in [0.5, 0.6) is 0 Å². The van der Waals surface area contributed by atoms with E-state index >= 15 is 0 Å². The first-order chi connectivity index (χ1) is 6.19. The molecule has 3 atom stereocenters. The van der Waals surface area contributed by atoms with Crippen molar-refractivity contribution in [3.8, 4) is 0 Å². The fourth-order valence-electron chi connectivity index (χ4n) is 2.82. The first-order valence-corrected chi connectivity index (χ1v) is 5.25. The third kappa shape index (κ3) is 1.73. The van der Waals surface area contributed by atoms with Crippen LogP contribution in [0.15, 0.2) is 12.2 Å². The van der Waals surface area contributed by atoms with E-state index in [4.69, 9.17) is 0 Å². The minimum Gasteiger partial charge on any atom is -0.390 e. The van der Waals surface area contributed by atoms with E-state index in [0.717, 1.165) is 12.0 Å². The third-order valence-electron chi connectivity index (χ3n) is 3.73. The van der Waals surface area contributed by atoms with Crippen LogP contribution in [-0.4, -0.2) is 21.9 Å². The molecule has 2 nitrogen and oxygen atoms in total. The lowest BCUT2D eigenvalue weighted by Crippen LogP contribution is -2.55. The Kier molecular flexibility index (Phi) is 2.81. The molecule has 0 aliphatic heterocycles. The smallest absolute Gasteiger partial charge is 0.0883 e. The zero-order valence-corrected chi connectivity index (χ0v) is 9.67. The van der Waals surface area contributed by atoms with Gasteiger partial charge in [0.05, 0.1) is 11.7 Å². The number of rotatable bonds is 1. The number of hydrogen-bond donors (Lipinski definition) is 2. The van der Waals surface area contributed by atoms with Gasteiger partial charge >= 0.3 is 0 Å². The highest BCUT2D eigenvalue weighted by atomic mass is 16.3. The molecule has 1 aliphatic rings. The largest absolute Gasteiger partial charge is 0.390 e. The van der Waals surface area contributed by atoms with Crippen molar-refractivity contribution < 1.29 is 10.2 Å². The van der Waals surface area contributed by atoms with Crippen molar-refractivity contribution >= 4 is 0 Å². The molecule has 0 aromatic carbocycles. The molecule has 82 valence electrons. The van der Waals surface area contributed by atoms with Gasteiger partial charge in [-0.1, -0.05) is 26.0 Å². The highest BCUT2D eigenvalue weighted by molar-refractivity contribution is 5.11. The van der Waals surface area contributed by atoms with Gasteiger partial charge in [-0.15, -0.1) is 0 Å². The molecule has 1 aliphatic carbocycles. The van der Waals surface area contributed by atoms with Crippen LogP contribution in [-0.2, 0) is 0 Å². The highest BCUT2D eigenvalue weighted by Crippen LogP contribution is 2.47. The van der Waals surface area contributed by atoms with Gasteiger partial charge in [0, 0.05) is 0 Å². The molecule has 0 aromatic rings. The molecule has 2 heteroatoms. The molecular weight excluding hydrogens is 176 g/mol. The van der Waals surface area contributed by atoms with Crippen LogP contribution in [0.1, 0.15) is 40.5 Å². The van der Waals surface area contributed by atoms with Gasteiger partial charge in [0.1, 0.15) is 0 Å². The summed E-state index contributed by atoms with van der Waals surface area (Å²) < 4.78 is 0. The Bertz CT molecular complexity index is 241. The fourth-order valence-corrected chi connectivity index (χ4v) is 2.82. The molecule has 0 unspecified atom stereocenters. The first-order valence-electron chi connectivity index (χ1n) is 5.25. The van der Waals surface area contributed by atoms with E-state index in [1.807, 2.05) is 20.8 Å². The van der Waals surface area contributed by atoms with E-state index in [1.165, 1.54) is 0 Å². The van der Waals surface area contributed by atoms with E-state index < -0.39 is 11.7 Å². The monoisotopic (exact) mass is 198 g/mol. The summed E-state index contributed by atoms with van der Waals surface area (Å²) in [5.41, 5.74) is -0.132. The number of hydrogen-bond acceptors (Lipinski definition) is 2. The molecule has 1 rings (SSSR count). The molecular formula is C12H22O2. The van der Waals surface area contributed by atoms with Crippen molar-refractivity contribution in [3.05, 3.63) is 12.2 Å². The minimum absolute atomic E-state index is 0.284. The average molecular weight is 198 g/mol. The van der Waals surface area contributed by atoms with Gasteiger partial charge in [0.2, 0.25) is 0 Å². The second-order valence-corrected chi connectivity index (χ2v) is 5.52. The topological polar surface area (TPSA) is 40.5 Å². The Labute approximate surface area is 86.6 Å². The zero-order chi connectivity index (χ0) is 11.1. The van der Waals surface area contributed by atoms with E-state index in [0.29, 0.717) is 12.3 Å². The van der Waals surface area contributed by atoms with Crippen molar-refractivity contribution in [2.45, 2.75) is 52.2 Å². The molecule has 0 amide bonds. The molecule has 0 spiro atoms. The average Bonchev–Trinajstić information content (AvgIpc) is 1.99. The summed E-state index contributed by atoms with van der Waals surface area (Å²) in [7, 11) is 0. The molecule has 0 saturated heterocycles. The first kappa shape index (κ1) is 11.7. The summed E-state index contributed by atoms with van der Waals surface area (Å²) in [6.45, 7) is 11.7. The van der Waals surface area contributed by atoms with Crippen LogP contribution in [0.3, 0.4) is 0 Å². The van der Waals surface area contributed by atoms with Crippen LogP contribution in [0.4, 0.5) is 0 Å². The molecule has 1 saturated carbocycles. The molecule has 0 radical (unpaired) electrons. The van der Waals surface area contributed by atoms with Crippen molar-refractivity contribution in [1.82, 2.24) is 0 Å². The molecule has 14 heavy (non-hydrogen) atoms. The third-order valence-corrected chi connectivity index (χ3v) is 3.73. The van der Waals surface area contributed by atoms with Crippen LogP contribution in [0.25, 0.3) is 0 Å². The molecule has 0 bridgehead atoms. The van der Waals surface area contributed by atoms with E-state index in [2.05, 4.69) is 6.58 Å². The number of allylic oxidation sites excluding steroid dienone is 1. The van der Waals surface area contributed by atoms with Crippen LogP contribution in [0, 0.1) is 11.3 Å². The second kappa shape index (κ2) is 3.35. The Balaban J connectivity index is 2.96. The lowest BCUT2D eigenvalue weighted by atomic mass is 9.60. The Hall–Kier alpha value is -0.340. The summed E-state index contributed by atoms with van der Waals surface area (Å²) in [5.74, 6) is 0.303. The Morgan fingerprint density at radius 1 is 1.36 bits per heavy atom. The maximum atomic E-state index is 10.1. The van der Waals surface area contributed by atoms with E-state index in [-0.39, 0.29) is 5.41 Å². The van der Waals surface area contributed by atoms with E-state index in [1.54, 1.807) is 6.92 Å². The molecule has 2 N–H and O–H groups in total. The van der Waals surface area contributed by atoms with Crippen molar-refractivity contribution in [3.63, 3.8) is 0 Å². The SMILES string of the molecule is C=C(C)[C@@H]1CC[C@@](C)(O)[C@H](O)C1(C)C. The van der Waals surface area contributed by atoms with Crippen LogP contribution >= 0.6 is 0 Å². The van der Waals surface area contributed by atoms with Gasteiger partial charge in [0.15, 0.2) is 0 Å². The number of aliphatic hydroxyl groups excluding tert-OH is 1. The minimum atomic E-state index is -0.949. The summed E-state index contributed by atoms with van der Waals surface area (Å²) in [6, 6.07) is 0. The maximum absolute atomic E-state index is 10.1. The number of aliphatic hydroxyl groups is 2. The quantitative estimate of drug-likeness (QED) is 0.633. The molecule has 0 aromatic heterocycles. The lowest BCUT2D eigenvalue weighted by Gasteiger charge is -2.50. The maximum Gasteiger partial charge on any atom is 0.0883 e. The summed E-state index contributed by atoms with van der Waals surface area (Å²) in [6.07, 6.45) is 0.882. The van der Waals surface area contributed by atoms with Gasteiger partial charge in [-0.05, 0) is 38.0 Å². The Morgan fingerprint density at radius 2 is 1.86 bits per heavy atom.